The minimum atomic E-state index is -3.28. The van der Waals surface area contributed by atoms with E-state index in [1.54, 1.807) is 0 Å². The molecule has 0 aromatic heterocycles. The molecule has 0 bridgehead atoms. The van der Waals surface area contributed by atoms with Crippen LogP contribution in [-0.4, -0.2) is 31.4 Å². The number of carbonyl (C=O) groups excluding carboxylic acids is 1. The molecule has 1 unspecified atom stereocenters. The molecule has 0 N–H and O–H groups in total. The van der Waals surface area contributed by atoms with Crippen LogP contribution < -0.4 is 0 Å². The molecule has 0 heterocycles. The second-order valence-corrected chi connectivity index (χ2v) is 7.03. The predicted molar refractivity (Wildman–Crippen MR) is 69.7 cm³/mol. The van der Waals surface area contributed by atoms with E-state index in [4.69, 9.17) is 16.0 Å². The van der Waals surface area contributed by atoms with Crippen LogP contribution in [-0.2, 0) is 20.4 Å². The van der Waals surface area contributed by atoms with Gasteiger partial charge in [0.15, 0.2) is 0 Å². The number of hydrogen-bond acceptors (Lipinski definition) is 4. The van der Waals surface area contributed by atoms with Crippen LogP contribution in [0.3, 0.4) is 0 Å². The zero-order valence-electron chi connectivity index (χ0n) is 10.2. The Morgan fingerprint density at radius 1 is 1.39 bits per heavy atom. The van der Waals surface area contributed by atoms with Crippen LogP contribution in [0.25, 0.3) is 0 Å². The lowest BCUT2D eigenvalue weighted by Crippen LogP contribution is -2.27. The van der Waals surface area contributed by atoms with E-state index in [0.29, 0.717) is 0 Å². The van der Waals surface area contributed by atoms with Crippen molar-refractivity contribution < 1.29 is 18.6 Å². The van der Waals surface area contributed by atoms with Crippen molar-refractivity contribution in [2.75, 3.05) is 20.4 Å². The van der Waals surface area contributed by atoms with Gasteiger partial charge in [0.2, 0.25) is 0 Å². The summed E-state index contributed by atoms with van der Waals surface area (Å²) in [5.41, 5.74) is 0.875. The third-order valence-corrected chi connectivity index (χ3v) is 4.21. The zero-order chi connectivity index (χ0) is 13.6. The van der Waals surface area contributed by atoms with Crippen LogP contribution in [0.5, 0.6) is 0 Å². The predicted octanol–water partition coefficient (Wildman–Crippen LogP) is 3.29. The first-order chi connectivity index (χ1) is 8.44. The number of rotatable bonds is 5. The molecule has 7 heteroatoms. The Morgan fingerprint density at radius 3 is 2.56 bits per heavy atom. The normalized spacial score (nSPS) is 13.7. The maximum atomic E-state index is 11.6. The molecule has 1 aromatic carbocycles. The lowest BCUT2D eigenvalue weighted by atomic mass is 10.2. The van der Waals surface area contributed by atoms with E-state index in [-0.39, 0.29) is 12.9 Å². The van der Waals surface area contributed by atoms with E-state index >= 15 is 0 Å². The Balaban J connectivity index is 2.44. The van der Waals surface area contributed by atoms with Crippen molar-refractivity contribution >= 4 is 24.1 Å². The van der Waals surface area contributed by atoms with E-state index in [0.717, 1.165) is 10.5 Å². The molecule has 0 aliphatic rings. The molecule has 0 aliphatic heterocycles. The quantitative estimate of drug-likeness (QED) is 0.781. The molecule has 1 rings (SSSR count). The molecule has 0 spiro atoms. The maximum absolute atomic E-state index is 11.6. The van der Waals surface area contributed by atoms with Crippen molar-refractivity contribution in [1.82, 2.24) is 4.90 Å². The van der Waals surface area contributed by atoms with Crippen LogP contribution in [0, 0.1) is 0 Å². The minimum Gasteiger partial charge on any atom is -0.445 e. The van der Waals surface area contributed by atoms with Gasteiger partial charge in [-0.05, 0) is 16.8 Å². The van der Waals surface area contributed by atoms with Gasteiger partial charge in [-0.2, -0.15) is 0 Å². The first kappa shape index (κ1) is 15.0. The van der Waals surface area contributed by atoms with Crippen molar-refractivity contribution in [1.29, 1.82) is 0 Å². The Kier molecular flexibility index (Phi) is 5.66. The first-order valence-electron chi connectivity index (χ1n) is 5.21. The molecule has 1 atom stereocenters. The summed E-state index contributed by atoms with van der Waals surface area (Å²) in [6.07, 6.45) is -0.796. The summed E-state index contributed by atoms with van der Waals surface area (Å²) >= 11 is 5.56. The largest absolute Gasteiger partial charge is 0.445 e. The van der Waals surface area contributed by atoms with Gasteiger partial charge >= 0.3 is 12.8 Å². The highest BCUT2D eigenvalue weighted by Gasteiger charge is 2.23. The Morgan fingerprint density at radius 2 is 2.00 bits per heavy atom. The second-order valence-electron chi connectivity index (χ2n) is 3.65. The molecule has 0 aliphatic carbocycles. The molecule has 0 saturated heterocycles. The third-order valence-electron chi connectivity index (χ3n) is 2.17. The number of nitrogens with zero attached hydrogens (tertiary/aromatic N) is 1. The number of benzene rings is 1. The van der Waals surface area contributed by atoms with Gasteiger partial charge in [-0.25, -0.2) is 4.79 Å². The van der Waals surface area contributed by atoms with E-state index in [2.05, 4.69) is 4.52 Å². The molecule has 1 aromatic rings. The van der Waals surface area contributed by atoms with Crippen molar-refractivity contribution in [2.24, 2.45) is 0 Å². The first-order valence-corrected chi connectivity index (χ1v) is 7.92. The van der Waals surface area contributed by atoms with Gasteiger partial charge in [-0.3, -0.25) is 4.57 Å². The molecular weight excluding hydrogens is 277 g/mol. The molecular formula is C11H15ClNO4P. The average molecular weight is 292 g/mol. The van der Waals surface area contributed by atoms with E-state index in [9.17, 15) is 9.36 Å². The summed E-state index contributed by atoms with van der Waals surface area (Å²) in [5.74, 6) is 0. The van der Waals surface area contributed by atoms with Gasteiger partial charge in [0, 0.05) is 14.2 Å². The topological polar surface area (TPSA) is 55.8 Å². The average Bonchev–Trinajstić information content (AvgIpc) is 2.36. The minimum absolute atomic E-state index is 0.156. The van der Waals surface area contributed by atoms with Crippen molar-refractivity contribution in [3.05, 3.63) is 35.9 Å². The molecule has 0 saturated carbocycles. The van der Waals surface area contributed by atoms with Gasteiger partial charge in [0.05, 0.1) is 0 Å². The standard InChI is InChI=1S/C11H15ClNO4P/c1-13(9-18(12,15)16-2)11(14)17-8-10-6-4-3-5-7-10/h3-7H,8-9H2,1-2H3. The Labute approximate surface area is 111 Å². The number of halogens is 1. The molecule has 18 heavy (non-hydrogen) atoms. The monoisotopic (exact) mass is 291 g/mol. The summed E-state index contributed by atoms with van der Waals surface area (Å²) in [4.78, 5) is 12.7. The van der Waals surface area contributed by atoms with Crippen LogP contribution in [0.2, 0.25) is 0 Å². The lowest BCUT2D eigenvalue weighted by Gasteiger charge is -2.18. The fraction of sp³-hybridized carbons (Fsp3) is 0.364. The van der Waals surface area contributed by atoms with Crippen molar-refractivity contribution in [3.8, 4) is 0 Å². The zero-order valence-corrected chi connectivity index (χ0v) is 11.9. The van der Waals surface area contributed by atoms with Gasteiger partial charge in [-0.15, -0.1) is 0 Å². The van der Waals surface area contributed by atoms with Crippen LogP contribution >= 0.6 is 18.0 Å². The summed E-state index contributed by atoms with van der Waals surface area (Å²) in [7, 11) is 2.68. The molecule has 0 radical (unpaired) electrons. The highest BCUT2D eigenvalue weighted by atomic mass is 35.7. The Bertz CT molecular complexity index is 440. The van der Waals surface area contributed by atoms with Gasteiger partial charge < -0.3 is 14.2 Å². The molecule has 5 nitrogen and oxygen atoms in total. The van der Waals surface area contributed by atoms with Crippen LogP contribution in [0.15, 0.2) is 30.3 Å². The number of ether oxygens (including phenoxy) is 1. The van der Waals surface area contributed by atoms with Crippen LogP contribution in [0.4, 0.5) is 4.79 Å². The van der Waals surface area contributed by atoms with Crippen LogP contribution in [0.1, 0.15) is 5.56 Å². The van der Waals surface area contributed by atoms with Crippen molar-refractivity contribution in [2.45, 2.75) is 6.61 Å². The number of carbonyl (C=O) groups is 1. The smallest absolute Gasteiger partial charge is 0.410 e. The SMILES string of the molecule is COP(=O)(Cl)CN(C)C(=O)OCc1ccccc1. The fourth-order valence-corrected chi connectivity index (χ4v) is 2.42. The summed E-state index contributed by atoms with van der Waals surface area (Å²) in [5, 5.41) is 0. The summed E-state index contributed by atoms with van der Waals surface area (Å²) in [6, 6.07) is 9.26. The highest BCUT2D eigenvalue weighted by molar-refractivity contribution is 7.85. The van der Waals surface area contributed by atoms with Crippen molar-refractivity contribution in [3.63, 3.8) is 0 Å². The molecule has 0 fully saturated rings. The van der Waals surface area contributed by atoms with E-state index in [1.165, 1.54) is 14.2 Å². The van der Waals surface area contributed by atoms with Gasteiger partial charge in [0.25, 0.3) is 0 Å². The second kappa shape index (κ2) is 6.78. The number of amides is 1. The summed E-state index contributed by atoms with van der Waals surface area (Å²) in [6.45, 7) is -3.13. The summed E-state index contributed by atoms with van der Waals surface area (Å²) < 4.78 is 21.1. The molecule has 1 amide bonds. The number of hydrogen-bond donors (Lipinski definition) is 0. The van der Waals surface area contributed by atoms with Gasteiger partial charge in [0.1, 0.15) is 12.9 Å². The van der Waals surface area contributed by atoms with E-state index in [1.807, 2.05) is 30.3 Å². The maximum Gasteiger partial charge on any atom is 0.410 e. The van der Waals surface area contributed by atoms with E-state index < -0.39 is 12.8 Å². The van der Waals surface area contributed by atoms with Gasteiger partial charge in [-0.1, -0.05) is 30.3 Å². The Hall–Kier alpha value is -1.03. The fourth-order valence-electron chi connectivity index (χ4n) is 1.20. The third kappa shape index (κ3) is 5.08. The highest BCUT2D eigenvalue weighted by Crippen LogP contribution is 2.51. The molecule has 100 valence electrons. The lowest BCUT2D eigenvalue weighted by molar-refractivity contribution is 0.109.